The Kier molecular flexibility index (Phi) is 5.89. The molecule has 0 unspecified atom stereocenters. The highest BCUT2D eigenvalue weighted by Gasteiger charge is 2.41. The molecule has 0 aliphatic carbocycles. The van der Waals surface area contributed by atoms with Crippen LogP contribution in [0.2, 0.25) is 0 Å². The molecule has 1 fully saturated rings. The zero-order valence-corrected chi connectivity index (χ0v) is 17.2. The Bertz CT molecular complexity index is 809. The second-order valence-corrected chi connectivity index (χ2v) is 7.09. The second-order valence-electron chi connectivity index (χ2n) is 7.09. The molecule has 4 atom stereocenters. The Balaban J connectivity index is 1.97. The van der Waals surface area contributed by atoms with E-state index in [9.17, 15) is 5.11 Å². The van der Waals surface area contributed by atoms with Crippen LogP contribution in [0.3, 0.4) is 0 Å². The van der Waals surface area contributed by atoms with Crippen LogP contribution in [0.25, 0.3) is 0 Å². The number of methoxy groups -OCH3 is 4. The highest BCUT2D eigenvalue weighted by atomic mass is 16.5. The molecule has 1 N–H and O–H groups in total. The average Bonchev–Trinajstić information content (AvgIpc) is 3.02. The molecule has 0 radical (unpaired) electrons. The lowest BCUT2D eigenvalue weighted by molar-refractivity contribution is 0.0286. The van der Waals surface area contributed by atoms with Crippen molar-refractivity contribution in [2.24, 2.45) is 11.8 Å². The van der Waals surface area contributed by atoms with Gasteiger partial charge in [0, 0.05) is 0 Å². The number of ether oxygens (including phenoxy) is 5. The molecular weight excluding hydrogens is 360 g/mol. The van der Waals surface area contributed by atoms with Gasteiger partial charge in [-0.15, -0.1) is 0 Å². The molecule has 3 rings (SSSR count). The van der Waals surface area contributed by atoms with Crippen molar-refractivity contribution in [3.8, 4) is 28.7 Å². The predicted molar refractivity (Wildman–Crippen MR) is 106 cm³/mol. The van der Waals surface area contributed by atoms with Crippen molar-refractivity contribution >= 4 is 0 Å². The van der Waals surface area contributed by atoms with Gasteiger partial charge in [-0.05, 0) is 47.2 Å². The first kappa shape index (κ1) is 20.1. The summed E-state index contributed by atoms with van der Waals surface area (Å²) in [5.74, 6) is 2.85. The zero-order valence-electron chi connectivity index (χ0n) is 17.2. The lowest BCUT2D eigenvalue weighted by atomic mass is 9.85. The molecule has 28 heavy (non-hydrogen) atoms. The molecule has 0 bridgehead atoms. The molecule has 2 aromatic rings. The van der Waals surface area contributed by atoms with Crippen molar-refractivity contribution in [2.75, 3.05) is 28.4 Å². The molecule has 1 aliphatic heterocycles. The molecule has 1 saturated heterocycles. The third-order valence-electron chi connectivity index (χ3n) is 5.63. The van der Waals surface area contributed by atoms with Crippen LogP contribution in [-0.4, -0.2) is 33.5 Å². The first-order chi connectivity index (χ1) is 13.4. The van der Waals surface area contributed by atoms with Crippen LogP contribution in [0.4, 0.5) is 0 Å². The summed E-state index contributed by atoms with van der Waals surface area (Å²) >= 11 is 0. The number of rotatable bonds is 6. The van der Waals surface area contributed by atoms with Gasteiger partial charge in [0.05, 0.1) is 40.6 Å². The molecule has 0 amide bonds. The predicted octanol–water partition coefficient (Wildman–Crippen LogP) is 4.51. The number of phenolic OH excluding ortho intramolecular Hbond substituents is 1. The molecular formula is C22H28O6. The molecule has 152 valence electrons. The number of hydrogen-bond donors (Lipinski definition) is 1. The Morgan fingerprint density at radius 2 is 1.21 bits per heavy atom. The molecule has 2 aromatic carbocycles. The van der Waals surface area contributed by atoms with Crippen LogP contribution < -0.4 is 18.9 Å². The van der Waals surface area contributed by atoms with Gasteiger partial charge in [-0.2, -0.15) is 0 Å². The van der Waals surface area contributed by atoms with E-state index in [-0.39, 0.29) is 29.8 Å². The highest BCUT2D eigenvalue weighted by molar-refractivity contribution is 5.54. The van der Waals surface area contributed by atoms with Gasteiger partial charge in [-0.3, -0.25) is 0 Å². The van der Waals surface area contributed by atoms with E-state index < -0.39 is 0 Å². The van der Waals surface area contributed by atoms with Crippen LogP contribution in [0.15, 0.2) is 30.3 Å². The molecule has 6 nitrogen and oxygen atoms in total. The third kappa shape index (κ3) is 3.44. The largest absolute Gasteiger partial charge is 0.504 e. The monoisotopic (exact) mass is 388 g/mol. The fourth-order valence-corrected chi connectivity index (χ4v) is 3.86. The van der Waals surface area contributed by atoms with E-state index in [0.717, 1.165) is 11.1 Å². The first-order valence-electron chi connectivity index (χ1n) is 9.27. The van der Waals surface area contributed by atoms with Crippen molar-refractivity contribution in [2.45, 2.75) is 26.1 Å². The van der Waals surface area contributed by atoms with Gasteiger partial charge in [0.15, 0.2) is 23.0 Å². The van der Waals surface area contributed by atoms with Crippen LogP contribution in [0.5, 0.6) is 28.7 Å². The number of phenols is 1. The zero-order chi connectivity index (χ0) is 20.4. The Morgan fingerprint density at radius 3 is 1.71 bits per heavy atom. The van der Waals surface area contributed by atoms with E-state index in [0.29, 0.717) is 23.0 Å². The van der Waals surface area contributed by atoms with Gasteiger partial charge in [0.1, 0.15) is 0 Å². The van der Waals surface area contributed by atoms with Crippen molar-refractivity contribution in [1.82, 2.24) is 0 Å². The summed E-state index contributed by atoms with van der Waals surface area (Å²) in [5, 5.41) is 9.88. The Hall–Kier alpha value is -2.60. The fraction of sp³-hybridized carbons (Fsp3) is 0.455. The molecule has 0 spiro atoms. The minimum Gasteiger partial charge on any atom is -0.504 e. The average molecular weight is 388 g/mol. The van der Waals surface area contributed by atoms with E-state index >= 15 is 0 Å². The smallest absolute Gasteiger partial charge is 0.203 e. The maximum atomic E-state index is 9.88. The summed E-state index contributed by atoms with van der Waals surface area (Å²) in [6.45, 7) is 4.35. The molecule has 0 aromatic heterocycles. The third-order valence-corrected chi connectivity index (χ3v) is 5.63. The van der Waals surface area contributed by atoms with Gasteiger partial charge < -0.3 is 28.8 Å². The van der Waals surface area contributed by atoms with Gasteiger partial charge in [0.25, 0.3) is 0 Å². The van der Waals surface area contributed by atoms with Crippen LogP contribution >= 0.6 is 0 Å². The van der Waals surface area contributed by atoms with Gasteiger partial charge in [-0.25, -0.2) is 0 Å². The second kappa shape index (κ2) is 8.19. The maximum absolute atomic E-state index is 9.88. The summed E-state index contributed by atoms with van der Waals surface area (Å²) in [7, 11) is 6.34. The molecule has 0 saturated carbocycles. The van der Waals surface area contributed by atoms with Gasteiger partial charge in [-0.1, -0.05) is 19.9 Å². The van der Waals surface area contributed by atoms with Crippen molar-refractivity contribution in [3.05, 3.63) is 41.5 Å². The number of benzene rings is 2. The standard InChI is InChI=1S/C22H28O6/c1-12-13(2)21(15-10-18(25-4)22(27-6)19(11-15)26-5)28-20(12)14-7-8-16(23)17(9-14)24-3/h7-13,20-21,23H,1-6H3/t12-,13+,20+,21+/m1/s1. The van der Waals surface area contributed by atoms with Crippen LogP contribution in [0.1, 0.15) is 37.2 Å². The van der Waals surface area contributed by atoms with Crippen molar-refractivity contribution in [3.63, 3.8) is 0 Å². The SMILES string of the molecule is COc1cc([C@H]2O[C@H](c3cc(OC)c(OC)c(OC)c3)[C@@H](C)[C@H]2C)ccc1O. The normalized spacial score (nSPS) is 24.1. The topological polar surface area (TPSA) is 66.4 Å². The Morgan fingerprint density at radius 1 is 0.714 bits per heavy atom. The van der Waals surface area contributed by atoms with Crippen LogP contribution in [-0.2, 0) is 4.74 Å². The minimum absolute atomic E-state index is 0.117. The van der Waals surface area contributed by atoms with E-state index in [1.54, 1.807) is 34.5 Å². The summed E-state index contributed by atoms with van der Waals surface area (Å²) in [6.07, 6.45) is -0.248. The quantitative estimate of drug-likeness (QED) is 0.785. The van der Waals surface area contributed by atoms with Crippen molar-refractivity contribution in [1.29, 1.82) is 0 Å². The van der Waals surface area contributed by atoms with E-state index in [1.807, 2.05) is 24.3 Å². The summed E-state index contributed by atoms with van der Waals surface area (Å²) < 4.78 is 28.1. The summed E-state index contributed by atoms with van der Waals surface area (Å²) in [5.41, 5.74) is 1.95. The van der Waals surface area contributed by atoms with Gasteiger partial charge in [0.2, 0.25) is 5.75 Å². The molecule has 1 heterocycles. The molecule has 1 aliphatic rings. The van der Waals surface area contributed by atoms with Crippen molar-refractivity contribution < 1.29 is 28.8 Å². The first-order valence-corrected chi connectivity index (χ1v) is 9.27. The van der Waals surface area contributed by atoms with Gasteiger partial charge >= 0.3 is 0 Å². The summed E-state index contributed by atoms with van der Waals surface area (Å²) in [4.78, 5) is 0. The Labute approximate surface area is 165 Å². The lowest BCUT2D eigenvalue weighted by Crippen LogP contribution is -2.10. The number of aromatic hydroxyl groups is 1. The van der Waals surface area contributed by atoms with E-state index in [4.69, 9.17) is 23.7 Å². The minimum atomic E-state index is -0.131. The summed E-state index contributed by atoms with van der Waals surface area (Å²) in [6, 6.07) is 9.23. The number of hydrogen-bond acceptors (Lipinski definition) is 6. The van der Waals surface area contributed by atoms with E-state index in [2.05, 4.69) is 13.8 Å². The van der Waals surface area contributed by atoms with Crippen LogP contribution in [0, 0.1) is 11.8 Å². The van der Waals surface area contributed by atoms with E-state index in [1.165, 1.54) is 0 Å². The molecule has 6 heteroatoms. The highest BCUT2D eigenvalue weighted by Crippen LogP contribution is 2.51. The lowest BCUT2D eigenvalue weighted by Gasteiger charge is -2.20. The fourth-order valence-electron chi connectivity index (χ4n) is 3.86. The maximum Gasteiger partial charge on any atom is 0.203 e.